The predicted molar refractivity (Wildman–Crippen MR) is 61.5 cm³/mol. The molecule has 1 aliphatic rings. The van der Waals surface area contributed by atoms with Crippen LogP contribution in [0.4, 0.5) is 0 Å². The minimum absolute atomic E-state index is 1.09. The van der Waals surface area contributed by atoms with Gasteiger partial charge in [-0.3, -0.25) is 0 Å². The van der Waals surface area contributed by atoms with E-state index >= 15 is 0 Å². The second-order valence-corrected chi connectivity index (χ2v) is 4.51. The fourth-order valence-electron chi connectivity index (χ4n) is 1.94. The standard InChI is InChI=1S/C14H20/c1-2-12-6-8-13(9-7-12)4-3-5-14-10-11-14/h6-9,14H,2-5,10-11H2,1H3. The minimum Gasteiger partial charge on any atom is -0.0613 e. The van der Waals surface area contributed by atoms with Crippen LogP contribution in [0.15, 0.2) is 24.3 Å². The van der Waals surface area contributed by atoms with Gasteiger partial charge in [-0.2, -0.15) is 0 Å². The molecule has 0 unspecified atom stereocenters. The van der Waals surface area contributed by atoms with Crippen molar-refractivity contribution in [3.63, 3.8) is 0 Å². The Kier molecular flexibility index (Phi) is 3.23. The highest BCUT2D eigenvalue weighted by Gasteiger charge is 2.19. The SMILES string of the molecule is CCc1ccc(CCCC2CC2)cc1. The van der Waals surface area contributed by atoms with Gasteiger partial charge in [0.05, 0.1) is 0 Å². The van der Waals surface area contributed by atoms with Gasteiger partial charge in [0.15, 0.2) is 0 Å². The van der Waals surface area contributed by atoms with Gasteiger partial charge in [0.2, 0.25) is 0 Å². The van der Waals surface area contributed by atoms with E-state index in [1.165, 1.54) is 43.2 Å². The normalized spacial score (nSPS) is 15.8. The largest absolute Gasteiger partial charge is 0.0613 e. The van der Waals surface area contributed by atoms with Gasteiger partial charge in [-0.05, 0) is 36.3 Å². The van der Waals surface area contributed by atoms with Crippen molar-refractivity contribution in [1.82, 2.24) is 0 Å². The second kappa shape index (κ2) is 4.63. The molecule has 0 spiro atoms. The fraction of sp³-hybridized carbons (Fsp3) is 0.571. The Morgan fingerprint density at radius 2 is 1.71 bits per heavy atom. The molecule has 0 aliphatic heterocycles. The lowest BCUT2D eigenvalue weighted by Crippen LogP contribution is -1.87. The smallest absolute Gasteiger partial charge is 0.0279 e. The molecule has 0 radical (unpaired) electrons. The highest BCUT2D eigenvalue weighted by atomic mass is 14.3. The molecular formula is C14H20. The molecule has 0 saturated heterocycles. The van der Waals surface area contributed by atoms with Gasteiger partial charge in [-0.25, -0.2) is 0 Å². The average Bonchev–Trinajstić information content (AvgIpc) is 3.03. The number of hydrogen-bond acceptors (Lipinski definition) is 0. The lowest BCUT2D eigenvalue weighted by Gasteiger charge is -2.02. The molecule has 1 saturated carbocycles. The molecule has 1 aliphatic carbocycles. The first-order valence-electron chi connectivity index (χ1n) is 5.96. The molecule has 0 bridgehead atoms. The Hall–Kier alpha value is -0.780. The molecule has 1 fully saturated rings. The van der Waals surface area contributed by atoms with E-state index in [4.69, 9.17) is 0 Å². The van der Waals surface area contributed by atoms with Crippen molar-refractivity contribution in [3.8, 4) is 0 Å². The molecule has 0 N–H and O–H groups in total. The summed E-state index contributed by atoms with van der Waals surface area (Å²) in [5, 5.41) is 0. The summed E-state index contributed by atoms with van der Waals surface area (Å²) < 4.78 is 0. The van der Waals surface area contributed by atoms with Crippen LogP contribution in [0.1, 0.15) is 43.7 Å². The molecule has 0 heterocycles. The van der Waals surface area contributed by atoms with Crippen molar-refractivity contribution in [2.45, 2.75) is 45.4 Å². The van der Waals surface area contributed by atoms with Crippen LogP contribution in [0.5, 0.6) is 0 Å². The van der Waals surface area contributed by atoms with Crippen molar-refractivity contribution in [1.29, 1.82) is 0 Å². The van der Waals surface area contributed by atoms with E-state index in [1.54, 1.807) is 0 Å². The van der Waals surface area contributed by atoms with Crippen LogP contribution < -0.4 is 0 Å². The zero-order chi connectivity index (χ0) is 9.80. The molecule has 1 aromatic carbocycles. The van der Waals surface area contributed by atoms with E-state index in [0.717, 1.165) is 12.3 Å². The van der Waals surface area contributed by atoms with E-state index in [-0.39, 0.29) is 0 Å². The average molecular weight is 188 g/mol. The Labute approximate surface area is 87.3 Å². The zero-order valence-corrected chi connectivity index (χ0v) is 9.13. The molecule has 76 valence electrons. The highest BCUT2D eigenvalue weighted by Crippen LogP contribution is 2.33. The first-order chi connectivity index (χ1) is 6.88. The molecule has 14 heavy (non-hydrogen) atoms. The molecule has 0 aromatic heterocycles. The van der Waals surface area contributed by atoms with Crippen molar-refractivity contribution < 1.29 is 0 Å². The van der Waals surface area contributed by atoms with Crippen molar-refractivity contribution in [3.05, 3.63) is 35.4 Å². The van der Waals surface area contributed by atoms with E-state index in [0.29, 0.717) is 0 Å². The van der Waals surface area contributed by atoms with Gasteiger partial charge in [0.1, 0.15) is 0 Å². The van der Waals surface area contributed by atoms with Crippen LogP contribution in [-0.2, 0) is 12.8 Å². The number of rotatable bonds is 5. The lowest BCUT2D eigenvalue weighted by molar-refractivity contribution is 0.666. The van der Waals surface area contributed by atoms with E-state index in [2.05, 4.69) is 31.2 Å². The molecule has 0 atom stereocenters. The van der Waals surface area contributed by atoms with Crippen LogP contribution in [0.2, 0.25) is 0 Å². The minimum atomic E-state index is 1.09. The quantitative estimate of drug-likeness (QED) is 0.655. The maximum Gasteiger partial charge on any atom is -0.0279 e. The summed E-state index contributed by atoms with van der Waals surface area (Å²) in [4.78, 5) is 0. The maximum absolute atomic E-state index is 2.30. The molecule has 2 rings (SSSR count). The maximum atomic E-state index is 2.30. The van der Waals surface area contributed by atoms with Gasteiger partial charge >= 0.3 is 0 Å². The monoisotopic (exact) mass is 188 g/mol. The Balaban J connectivity index is 1.77. The lowest BCUT2D eigenvalue weighted by atomic mass is 10.0. The van der Waals surface area contributed by atoms with Gasteiger partial charge in [-0.15, -0.1) is 0 Å². The Morgan fingerprint density at radius 3 is 2.29 bits per heavy atom. The summed E-state index contributed by atoms with van der Waals surface area (Å²) in [6, 6.07) is 9.14. The molecule has 0 amide bonds. The van der Waals surface area contributed by atoms with Gasteiger partial charge in [0, 0.05) is 0 Å². The van der Waals surface area contributed by atoms with Gasteiger partial charge in [0.25, 0.3) is 0 Å². The fourth-order valence-corrected chi connectivity index (χ4v) is 1.94. The third-order valence-corrected chi connectivity index (χ3v) is 3.21. The summed E-state index contributed by atoms with van der Waals surface area (Å²) in [6.07, 6.45) is 8.26. The first-order valence-corrected chi connectivity index (χ1v) is 5.96. The van der Waals surface area contributed by atoms with Crippen molar-refractivity contribution in [2.75, 3.05) is 0 Å². The van der Waals surface area contributed by atoms with E-state index in [1.807, 2.05) is 0 Å². The van der Waals surface area contributed by atoms with E-state index in [9.17, 15) is 0 Å². The van der Waals surface area contributed by atoms with Crippen LogP contribution in [0.25, 0.3) is 0 Å². The highest BCUT2D eigenvalue weighted by molar-refractivity contribution is 5.22. The molecule has 1 aromatic rings. The Morgan fingerprint density at radius 1 is 1.07 bits per heavy atom. The van der Waals surface area contributed by atoms with Crippen LogP contribution in [0.3, 0.4) is 0 Å². The summed E-state index contributed by atoms with van der Waals surface area (Å²) in [7, 11) is 0. The van der Waals surface area contributed by atoms with Crippen LogP contribution >= 0.6 is 0 Å². The van der Waals surface area contributed by atoms with E-state index < -0.39 is 0 Å². The van der Waals surface area contributed by atoms with Gasteiger partial charge in [-0.1, -0.05) is 50.5 Å². The Bertz CT molecular complexity index is 267. The second-order valence-electron chi connectivity index (χ2n) is 4.51. The van der Waals surface area contributed by atoms with Crippen molar-refractivity contribution in [2.24, 2.45) is 5.92 Å². The summed E-state index contributed by atoms with van der Waals surface area (Å²) in [5.74, 6) is 1.09. The first kappa shape index (κ1) is 9.76. The van der Waals surface area contributed by atoms with Crippen LogP contribution in [0, 0.1) is 5.92 Å². The predicted octanol–water partition coefficient (Wildman–Crippen LogP) is 3.98. The molecule has 0 nitrogen and oxygen atoms in total. The van der Waals surface area contributed by atoms with Crippen molar-refractivity contribution >= 4 is 0 Å². The van der Waals surface area contributed by atoms with Crippen LogP contribution in [-0.4, -0.2) is 0 Å². The topological polar surface area (TPSA) is 0 Å². The molecular weight excluding hydrogens is 168 g/mol. The summed E-state index contributed by atoms with van der Waals surface area (Å²) in [5.41, 5.74) is 2.97. The van der Waals surface area contributed by atoms with Gasteiger partial charge < -0.3 is 0 Å². The third kappa shape index (κ3) is 2.87. The summed E-state index contributed by atoms with van der Waals surface area (Å²) >= 11 is 0. The molecule has 0 heteroatoms. The number of hydrogen-bond donors (Lipinski definition) is 0. The summed E-state index contributed by atoms with van der Waals surface area (Å²) in [6.45, 7) is 2.21. The zero-order valence-electron chi connectivity index (χ0n) is 9.13. The number of benzene rings is 1. The number of aryl methyl sites for hydroxylation is 2. The third-order valence-electron chi connectivity index (χ3n) is 3.21.